The average Bonchev–Trinajstić information content (AvgIpc) is 2.43. The fraction of sp³-hybridized carbons (Fsp3) is 0.0667. The van der Waals surface area contributed by atoms with Gasteiger partial charge in [0.1, 0.15) is 5.82 Å². The standard InChI is InChI=1S/C15H11BrFNO3/c1-8-9(15(20)21)4-3-7-12(8)18-14(19)10-5-2-6-11(16)13(10)17/h2-7H,1H3,(H,18,19)(H,20,21). The van der Waals surface area contributed by atoms with Gasteiger partial charge in [-0.2, -0.15) is 0 Å². The van der Waals surface area contributed by atoms with Crippen LogP contribution in [0.5, 0.6) is 0 Å². The summed E-state index contributed by atoms with van der Waals surface area (Å²) in [4.78, 5) is 23.2. The second kappa shape index (κ2) is 6.05. The van der Waals surface area contributed by atoms with E-state index in [0.29, 0.717) is 11.3 Å². The van der Waals surface area contributed by atoms with E-state index in [1.807, 2.05) is 0 Å². The summed E-state index contributed by atoms with van der Waals surface area (Å²) in [6, 6.07) is 8.91. The first-order valence-electron chi connectivity index (χ1n) is 6.00. The van der Waals surface area contributed by atoms with E-state index in [1.165, 1.54) is 24.3 Å². The number of anilines is 1. The highest BCUT2D eigenvalue weighted by atomic mass is 79.9. The third-order valence-corrected chi connectivity index (χ3v) is 3.62. The van der Waals surface area contributed by atoms with Crippen LogP contribution in [-0.4, -0.2) is 17.0 Å². The molecule has 0 heterocycles. The quantitative estimate of drug-likeness (QED) is 0.882. The summed E-state index contributed by atoms with van der Waals surface area (Å²) < 4.78 is 14.0. The van der Waals surface area contributed by atoms with Crippen LogP contribution in [0.4, 0.5) is 10.1 Å². The van der Waals surface area contributed by atoms with Gasteiger partial charge in [-0.15, -0.1) is 0 Å². The van der Waals surface area contributed by atoms with E-state index in [2.05, 4.69) is 21.2 Å². The molecule has 21 heavy (non-hydrogen) atoms. The lowest BCUT2D eigenvalue weighted by atomic mass is 10.1. The Kier molecular flexibility index (Phi) is 4.37. The number of aromatic carboxylic acids is 1. The number of carbonyl (C=O) groups excluding carboxylic acids is 1. The van der Waals surface area contributed by atoms with Gasteiger partial charge in [0.05, 0.1) is 15.6 Å². The molecule has 0 atom stereocenters. The number of hydrogen-bond acceptors (Lipinski definition) is 2. The molecule has 1 amide bonds. The minimum atomic E-state index is -1.09. The Morgan fingerprint density at radius 3 is 2.43 bits per heavy atom. The topological polar surface area (TPSA) is 66.4 Å². The molecular formula is C15H11BrFNO3. The van der Waals surface area contributed by atoms with Crippen molar-refractivity contribution in [2.45, 2.75) is 6.92 Å². The smallest absolute Gasteiger partial charge is 0.336 e. The van der Waals surface area contributed by atoms with Crippen LogP contribution >= 0.6 is 15.9 Å². The van der Waals surface area contributed by atoms with Gasteiger partial charge in [-0.05, 0) is 52.7 Å². The van der Waals surface area contributed by atoms with Crippen molar-refractivity contribution in [1.82, 2.24) is 0 Å². The number of carbonyl (C=O) groups is 2. The van der Waals surface area contributed by atoms with Crippen molar-refractivity contribution in [2.24, 2.45) is 0 Å². The van der Waals surface area contributed by atoms with E-state index in [9.17, 15) is 14.0 Å². The first kappa shape index (κ1) is 15.2. The third-order valence-electron chi connectivity index (χ3n) is 3.01. The second-order valence-electron chi connectivity index (χ2n) is 4.34. The van der Waals surface area contributed by atoms with E-state index < -0.39 is 17.7 Å². The highest BCUT2D eigenvalue weighted by molar-refractivity contribution is 9.10. The van der Waals surface area contributed by atoms with E-state index >= 15 is 0 Å². The van der Waals surface area contributed by atoms with E-state index in [0.717, 1.165) is 0 Å². The highest BCUT2D eigenvalue weighted by Crippen LogP contribution is 2.22. The minimum Gasteiger partial charge on any atom is -0.478 e. The molecule has 0 saturated carbocycles. The molecule has 0 aliphatic heterocycles. The Bertz CT molecular complexity index is 731. The van der Waals surface area contributed by atoms with Crippen molar-refractivity contribution in [3.05, 3.63) is 63.4 Å². The van der Waals surface area contributed by atoms with Gasteiger partial charge in [-0.1, -0.05) is 12.1 Å². The number of rotatable bonds is 3. The molecule has 2 aromatic carbocycles. The molecule has 0 aromatic heterocycles. The van der Waals surface area contributed by atoms with Crippen molar-refractivity contribution in [2.75, 3.05) is 5.32 Å². The van der Waals surface area contributed by atoms with Crippen LogP contribution in [0.2, 0.25) is 0 Å². The molecule has 0 fully saturated rings. The molecule has 0 bridgehead atoms. The van der Waals surface area contributed by atoms with Crippen molar-refractivity contribution >= 4 is 33.5 Å². The Morgan fingerprint density at radius 1 is 1.14 bits per heavy atom. The minimum absolute atomic E-state index is 0.0857. The number of amides is 1. The molecule has 2 rings (SSSR count). The zero-order chi connectivity index (χ0) is 15.6. The summed E-state index contributed by atoms with van der Waals surface area (Å²) in [5.41, 5.74) is 0.708. The molecule has 0 aliphatic rings. The lowest BCUT2D eigenvalue weighted by molar-refractivity contribution is 0.0695. The van der Waals surface area contributed by atoms with E-state index in [1.54, 1.807) is 19.1 Å². The maximum absolute atomic E-state index is 13.9. The predicted octanol–water partition coefficient (Wildman–Crippen LogP) is 3.85. The second-order valence-corrected chi connectivity index (χ2v) is 5.19. The van der Waals surface area contributed by atoms with E-state index in [4.69, 9.17) is 5.11 Å². The van der Waals surface area contributed by atoms with Gasteiger partial charge >= 0.3 is 5.97 Å². The summed E-state index contributed by atoms with van der Waals surface area (Å²) >= 11 is 3.01. The number of hydrogen-bond donors (Lipinski definition) is 2. The summed E-state index contributed by atoms with van der Waals surface area (Å²) in [5.74, 6) is -2.39. The molecule has 2 aromatic rings. The fourth-order valence-corrected chi connectivity index (χ4v) is 2.24. The summed E-state index contributed by atoms with van der Waals surface area (Å²) in [6.07, 6.45) is 0. The predicted molar refractivity (Wildman–Crippen MR) is 80.2 cm³/mol. The monoisotopic (exact) mass is 351 g/mol. The number of carboxylic acids is 1. The molecule has 0 aliphatic carbocycles. The van der Waals surface area contributed by atoms with Gasteiger partial charge in [0, 0.05) is 5.69 Å². The van der Waals surface area contributed by atoms with Crippen molar-refractivity contribution in [3.8, 4) is 0 Å². The Hall–Kier alpha value is -2.21. The molecule has 4 nitrogen and oxygen atoms in total. The molecule has 0 radical (unpaired) electrons. The van der Waals surface area contributed by atoms with Crippen LogP contribution in [0.3, 0.4) is 0 Å². The van der Waals surface area contributed by atoms with Gasteiger partial charge in [0.15, 0.2) is 0 Å². The van der Waals surface area contributed by atoms with Crippen molar-refractivity contribution < 1.29 is 19.1 Å². The van der Waals surface area contributed by atoms with Crippen LogP contribution in [-0.2, 0) is 0 Å². The number of halogens is 2. The van der Waals surface area contributed by atoms with Crippen molar-refractivity contribution in [1.29, 1.82) is 0 Å². The highest BCUT2D eigenvalue weighted by Gasteiger charge is 2.16. The third kappa shape index (κ3) is 3.11. The van der Waals surface area contributed by atoms with Crippen LogP contribution in [0.15, 0.2) is 40.9 Å². The molecular weight excluding hydrogens is 341 g/mol. The molecule has 108 valence electrons. The van der Waals surface area contributed by atoms with Gasteiger partial charge in [-0.3, -0.25) is 4.79 Å². The van der Waals surface area contributed by atoms with Gasteiger partial charge in [0.25, 0.3) is 5.91 Å². The van der Waals surface area contributed by atoms with Crippen LogP contribution < -0.4 is 5.32 Å². The molecule has 6 heteroatoms. The van der Waals surface area contributed by atoms with Crippen LogP contribution in [0, 0.1) is 12.7 Å². The first-order valence-corrected chi connectivity index (χ1v) is 6.79. The largest absolute Gasteiger partial charge is 0.478 e. The van der Waals surface area contributed by atoms with E-state index in [-0.39, 0.29) is 15.6 Å². The fourth-order valence-electron chi connectivity index (χ4n) is 1.87. The van der Waals surface area contributed by atoms with Crippen molar-refractivity contribution in [3.63, 3.8) is 0 Å². The maximum Gasteiger partial charge on any atom is 0.336 e. The molecule has 0 spiro atoms. The Labute approximate surface area is 128 Å². The zero-order valence-corrected chi connectivity index (χ0v) is 12.6. The lowest BCUT2D eigenvalue weighted by Crippen LogP contribution is -2.15. The molecule has 0 saturated heterocycles. The molecule has 0 unspecified atom stereocenters. The summed E-state index contributed by atoms with van der Waals surface area (Å²) in [5, 5.41) is 11.6. The number of carboxylic acid groups (broad SMARTS) is 1. The normalized spacial score (nSPS) is 10.2. The zero-order valence-electron chi connectivity index (χ0n) is 11.0. The maximum atomic E-state index is 13.9. The van der Waals surface area contributed by atoms with Gasteiger partial charge in [0.2, 0.25) is 0 Å². The lowest BCUT2D eigenvalue weighted by Gasteiger charge is -2.11. The average molecular weight is 352 g/mol. The SMILES string of the molecule is Cc1c(NC(=O)c2cccc(Br)c2F)cccc1C(=O)O. The number of nitrogens with one attached hydrogen (secondary N) is 1. The summed E-state index contributed by atoms with van der Waals surface area (Å²) in [6.45, 7) is 1.58. The number of benzene rings is 2. The van der Waals surface area contributed by atoms with Gasteiger partial charge < -0.3 is 10.4 Å². The summed E-state index contributed by atoms with van der Waals surface area (Å²) in [7, 11) is 0. The first-order chi connectivity index (χ1) is 9.91. The van der Waals surface area contributed by atoms with Crippen LogP contribution in [0.25, 0.3) is 0 Å². The Balaban J connectivity index is 2.34. The Morgan fingerprint density at radius 2 is 1.76 bits per heavy atom. The van der Waals surface area contributed by atoms with Gasteiger partial charge in [-0.25, -0.2) is 9.18 Å². The molecule has 2 N–H and O–H groups in total. The van der Waals surface area contributed by atoms with Crippen LogP contribution in [0.1, 0.15) is 26.3 Å².